The van der Waals surface area contributed by atoms with E-state index in [1.807, 2.05) is 0 Å². The smallest absolute Gasteiger partial charge is 0.123 e. The highest BCUT2D eigenvalue weighted by atomic mass is 15.0. The summed E-state index contributed by atoms with van der Waals surface area (Å²) in [4.78, 5) is 8.35. The molecule has 1 aromatic rings. The summed E-state index contributed by atoms with van der Waals surface area (Å²) in [6, 6.07) is 0.480. The molecule has 3 rings (SSSR count). The average molecular weight is 219 g/mol. The minimum atomic E-state index is 0.480. The van der Waals surface area contributed by atoms with Gasteiger partial charge in [0.1, 0.15) is 5.82 Å². The summed E-state index contributed by atoms with van der Waals surface area (Å²) < 4.78 is 0. The third-order valence-electron chi connectivity index (χ3n) is 4.07. The van der Waals surface area contributed by atoms with Crippen molar-refractivity contribution in [2.24, 2.45) is 0 Å². The van der Waals surface area contributed by atoms with Gasteiger partial charge in [-0.25, -0.2) is 4.98 Å². The number of nitrogens with zero attached hydrogens (tertiary/aromatic N) is 1. The van der Waals surface area contributed by atoms with Crippen LogP contribution in [0, 0.1) is 6.92 Å². The lowest BCUT2D eigenvalue weighted by Gasteiger charge is -2.06. The van der Waals surface area contributed by atoms with Crippen molar-refractivity contribution in [2.75, 3.05) is 6.54 Å². The zero-order chi connectivity index (χ0) is 11.0. The highest BCUT2D eigenvalue weighted by Crippen LogP contribution is 2.35. The molecule has 1 atom stereocenters. The second kappa shape index (κ2) is 4.21. The molecule has 2 fully saturated rings. The van der Waals surface area contributed by atoms with Crippen LogP contribution in [0.5, 0.6) is 0 Å². The lowest BCUT2D eigenvalue weighted by atomic mass is 10.0. The summed E-state index contributed by atoms with van der Waals surface area (Å²) >= 11 is 0. The van der Waals surface area contributed by atoms with Crippen LogP contribution in [0.2, 0.25) is 0 Å². The van der Waals surface area contributed by atoms with Crippen molar-refractivity contribution in [1.82, 2.24) is 15.3 Å². The van der Waals surface area contributed by atoms with Gasteiger partial charge in [-0.2, -0.15) is 0 Å². The van der Waals surface area contributed by atoms with Crippen molar-refractivity contribution in [3.63, 3.8) is 0 Å². The van der Waals surface area contributed by atoms with Gasteiger partial charge in [-0.1, -0.05) is 12.8 Å². The maximum atomic E-state index is 4.86. The zero-order valence-corrected chi connectivity index (χ0v) is 10.1. The minimum Gasteiger partial charge on any atom is -0.345 e. The number of aryl methyl sites for hydroxylation is 1. The van der Waals surface area contributed by atoms with Gasteiger partial charge < -0.3 is 10.3 Å². The van der Waals surface area contributed by atoms with Crippen molar-refractivity contribution >= 4 is 0 Å². The van der Waals surface area contributed by atoms with Crippen LogP contribution in [0.4, 0.5) is 0 Å². The van der Waals surface area contributed by atoms with Crippen LogP contribution in [0.25, 0.3) is 0 Å². The maximum Gasteiger partial charge on any atom is 0.123 e. The predicted molar refractivity (Wildman–Crippen MR) is 64.5 cm³/mol. The fourth-order valence-corrected chi connectivity index (χ4v) is 3.18. The fourth-order valence-electron chi connectivity index (χ4n) is 3.18. The molecular weight excluding hydrogens is 198 g/mol. The van der Waals surface area contributed by atoms with Crippen molar-refractivity contribution < 1.29 is 0 Å². The zero-order valence-electron chi connectivity index (χ0n) is 10.1. The molecule has 2 aliphatic rings. The van der Waals surface area contributed by atoms with E-state index in [1.54, 1.807) is 0 Å². The van der Waals surface area contributed by atoms with Crippen molar-refractivity contribution in [3.05, 3.63) is 17.2 Å². The maximum absolute atomic E-state index is 4.86. The predicted octanol–water partition coefficient (Wildman–Crippen LogP) is 2.80. The summed E-state index contributed by atoms with van der Waals surface area (Å²) in [7, 11) is 0. The topological polar surface area (TPSA) is 40.7 Å². The Morgan fingerprint density at radius 1 is 1.12 bits per heavy atom. The molecule has 3 heteroatoms. The second-order valence-corrected chi connectivity index (χ2v) is 5.26. The van der Waals surface area contributed by atoms with Crippen molar-refractivity contribution in [3.8, 4) is 0 Å². The molecule has 0 radical (unpaired) electrons. The number of H-pyrrole nitrogens is 1. The first-order valence-electron chi connectivity index (χ1n) is 6.64. The van der Waals surface area contributed by atoms with Crippen LogP contribution in [0.3, 0.4) is 0 Å². The molecule has 1 aliphatic carbocycles. The number of aromatic nitrogens is 2. The van der Waals surface area contributed by atoms with E-state index in [-0.39, 0.29) is 0 Å². The first-order valence-corrected chi connectivity index (χ1v) is 6.64. The Morgan fingerprint density at radius 3 is 2.62 bits per heavy atom. The van der Waals surface area contributed by atoms with Gasteiger partial charge in [0.15, 0.2) is 0 Å². The monoisotopic (exact) mass is 219 g/mol. The standard InChI is InChI=1S/C13H21N3/c1-9-12(10-5-2-3-6-10)16-13(15-9)11-7-4-8-14-11/h10-11,14H,2-8H2,1H3,(H,15,16). The van der Waals surface area contributed by atoms with Crippen LogP contribution < -0.4 is 5.32 Å². The Hall–Kier alpha value is -0.830. The molecule has 1 saturated heterocycles. The number of rotatable bonds is 2. The summed E-state index contributed by atoms with van der Waals surface area (Å²) in [5.41, 5.74) is 2.65. The molecule has 0 amide bonds. The number of aromatic amines is 1. The molecule has 1 aromatic heterocycles. The summed E-state index contributed by atoms with van der Waals surface area (Å²) in [6.07, 6.45) is 7.95. The lowest BCUT2D eigenvalue weighted by Crippen LogP contribution is -2.14. The van der Waals surface area contributed by atoms with E-state index in [0.29, 0.717) is 6.04 Å². The van der Waals surface area contributed by atoms with E-state index < -0.39 is 0 Å². The highest BCUT2D eigenvalue weighted by molar-refractivity contribution is 5.20. The van der Waals surface area contributed by atoms with Gasteiger partial charge in [0.25, 0.3) is 0 Å². The fraction of sp³-hybridized carbons (Fsp3) is 0.769. The summed E-state index contributed by atoms with van der Waals surface area (Å²) in [5.74, 6) is 1.91. The van der Waals surface area contributed by atoms with Gasteiger partial charge in [0.05, 0.1) is 11.7 Å². The van der Waals surface area contributed by atoms with Crippen LogP contribution in [0.15, 0.2) is 0 Å². The normalized spacial score (nSPS) is 26.7. The molecular formula is C13H21N3. The summed E-state index contributed by atoms with van der Waals surface area (Å²) in [6.45, 7) is 3.32. The molecule has 16 heavy (non-hydrogen) atoms. The number of nitrogens with one attached hydrogen (secondary N) is 2. The Balaban J connectivity index is 1.83. The SMILES string of the molecule is Cc1[nH]c(C2CCCN2)nc1C1CCCC1. The van der Waals surface area contributed by atoms with Gasteiger partial charge in [0, 0.05) is 11.6 Å². The highest BCUT2D eigenvalue weighted by Gasteiger charge is 2.25. The van der Waals surface area contributed by atoms with E-state index in [1.165, 1.54) is 55.7 Å². The van der Waals surface area contributed by atoms with Gasteiger partial charge in [-0.3, -0.25) is 0 Å². The van der Waals surface area contributed by atoms with Crippen LogP contribution in [-0.4, -0.2) is 16.5 Å². The quantitative estimate of drug-likeness (QED) is 0.803. The Kier molecular flexibility index (Phi) is 2.72. The van der Waals surface area contributed by atoms with Crippen LogP contribution in [0.1, 0.15) is 67.7 Å². The van der Waals surface area contributed by atoms with Gasteiger partial charge in [-0.05, 0) is 39.2 Å². The average Bonchev–Trinajstić information content (AvgIpc) is 2.97. The van der Waals surface area contributed by atoms with Crippen LogP contribution in [-0.2, 0) is 0 Å². The number of hydrogen-bond acceptors (Lipinski definition) is 2. The van der Waals surface area contributed by atoms with Crippen molar-refractivity contribution in [1.29, 1.82) is 0 Å². The first-order chi connectivity index (χ1) is 7.84. The van der Waals surface area contributed by atoms with E-state index in [4.69, 9.17) is 4.98 Å². The molecule has 2 heterocycles. The second-order valence-electron chi connectivity index (χ2n) is 5.26. The number of hydrogen-bond donors (Lipinski definition) is 2. The summed E-state index contributed by atoms with van der Waals surface area (Å²) in [5, 5.41) is 3.51. The lowest BCUT2D eigenvalue weighted by molar-refractivity contribution is 0.606. The Labute approximate surface area is 97.0 Å². The van der Waals surface area contributed by atoms with Crippen LogP contribution >= 0.6 is 0 Å². The third-order valence-corrected chi connectivity index (χ3v) is 4.07. The Bertz CT molecular complexity index is 357. The molecule has 1 aliphatic heterocycles. The van der Waals surface area contributed by atoms with Gasteiger partial charge >= 0.3 is 0 Å². The van der Waals surface area contributed by atoms with E-state index in [0.717, 1.165) is 12.5 Å². The largest absolute Gasteiger partial charge is 0.345 e. The van der Waals surface area contributed by atoms with Crippen molar-refractivity contribution in [2.45, 2.75) is 57.4 Å². The van der Waals surface area contributed by atoms with E-state index >= 15 is 0 Å². The van der Waals surface area contributed by atoms with E-state index in [2.05, 4.69) is 17.2 Å². The minimum absolute atomic E-state index is 0.480. The van der Waals surface area contributed by atoms with Gasteiger partial charge in [0.2, 0.25) is 0 Å². The Morgan fingerprint density at radius 2 is 1.94 bits per heavy atom. The molecule has 0 bridgehead atoms. The third kappa shape index (κ3) is 1.77. The molecule has 1 saturated carbocycles. The number of imidazole rings is 1. The molecule has 3 nitrogen and oxygen atoms in total. The molecule has 88 valence electrons. The first kappa shape index (κ1) is 10.3. The molecule has 0 spiro atoms. The van der Waals surface area contributed by atoms with E-state index in [9.17, 15) is 0 Å². The molecule has 1 unspecified atom stereocenters. The molecule has 2 N–H and O–H groups in total. The van der Waals surface area contributed by atoms with Gasteiger partial charge in [-0.15, -0.1) is 0 Å². The molecule has 0 aromatic carbocycles.